The van der Waals surface area contributed by atoms with Crippen LogP contribution in [0.2, 0.25) is 0 Å². The zero-order chi connectivity index (χ0) is 26.3. The van der Waals surface area contributed by atoms with Gasteiger partial charge in [0.1, 0.15) is 11.2 Å². The third-order valence-corrected chi connectivity index (χ3v) is 8.41. The fourth-order valence-corrected chi connectivity index (χ4v) is 5.81. The monoisotopic (exact) mass is 481 g/mol. The number of nitrogens with one attached hydrogen (secondary N) is 1. The Kier molecular flexibility index (Phi) is 5.46. The maximum Gasteiger partial charge on any atom is 0.135 e. The van der Waals surface area contributed by atoms with Crippen molar-refractivity contribution >= 4 is 33.3 Å². The van der Waals surface area contributed by atoms with Crippen LogP contribution in [-0.2, 0) is 21.7 Å². The fraction of sp³-hybridized carbons (Fsp3) is 0.471. The molecule has 0 bridgehead atoms. The molecule has 1 aromatic heterocycles. The minimum Gasteiger partial charge on any atom is -0.456 e. The van der Waals surface area contributed by atoms with Crippen molar-refractivity contribution in [2.24, 2.45) is 0 Å². The molecule has 0 saturated carbocycles. The summed E-state index contributed by atoms with van der Waals surface area (Å²) in [5.41, 5.74) is 10.4. The highest BCUT2D eigenvalue weighted by Gasteiger charge is 2.38. The molecule has 1 heterocycles. The molecule has 36 heavy (non-hydrogen) atoms. The maximum atomic E-state index is 6.20. The number of hydrogen-bond acceptors (Lipinski definition) is 2. The molecule has 0 radical (unpaired) electrons. The zero-order valence-corrected chi connectivity index (χ0v) is 23.9. The highest BCUT2D eigenvalue weighted by molar-refractivity contribution is 6.06. The van der Waals surface area contributed by atoms with Gasteiger partial charge in [0.15, 0.2) is 0 Å². The summed E-state index contributed by atoms with van der Waals surface area (Å²) in [6, 6.07) is 18.1. The molecule has 190 valence electrons. The lowest BCUT2D eigenvalue weighted by atomic mass is 9.62. The molecule has 4 aromatic rings. The second-order valence-corrected chi connectivity index (χ2v) is 14.4. The smallest absolute Gasteiger partial charge is 0.135 e. The Morgan fingerprint density at radius 1 is 0.667 bits per heavy atom. The van der Waals surface area contributed by atoms with Crippen molar-refractivity contribution in [2.45, 2.75) is 104 Å². The van der Waals surface area contributed by atoms with Gasteiger partial charge < -0.3 is 9.73 Å². The van der Waals surface area contributed by atoms with Crippen LogP contribution in [0.4, 0.5) is 11.4 Å². The average molecular weight is 482 g/mol. The molecule has 2 heteroatoms. The fourth-order valence-electron chi connectivity index (χ4n) is 5.81. The maximum absolute atomic E-state index is 6.20. The molecule has 5 rings (SSSR count). The second kappa shape index (κ2) is 7.88. The largest absolute Gasteiger partial charge is 0.456 e. The van der Waals surface area contributed by atoms with Gasteiger partial charge in [0.25, 0.3) is 0 Å². The van der Waals surface area contributed by atoms with Crippen LogP contribution in [0.15, 0.2) is 52.9 Å². The molecule has 0 spiro atoms. The van der Waals surface area contributed by atoms with Crippen LogP contribution in [0.1, 0.15) is 104 Å². The zero-order valence-electron chi connectivity index (χ0n) is 23.9. The number of benzene rings is 3. The van der Waals surface area contributed by atoms with Crippen molar-refractivity contribution in [1.29, 1.82) is 0 Å². The van der Waals surface area contributed by atoms with Crippen LogP contribution in [0.25, 0.3) is 21.9 Å². The third-order valence-electron chi connectivity index (χ3n) is 8.41. The van der Waals surface area contributed by atoms with Crippen molar-refractivity contribution in [2.75, 3.05) is 5.32 Å². The summed E-state index contributed by atoms with van der Waals surface area (Å²) < 4.78 is 6.20. The van der Waals surface area contributed by atoms with E-state index in [0.717, 1.165) is 22.2 Å². The molecule has 0 saturated heterocycles. The summed E-state index contributed by atoms with van der Waals surface area (Å²) in [5, 5.41) is 6.19. The molecule has 0 aliphatic heterocycles. The van der Waals surface area contributed by atoms with Gasteiger partial charge in [0.05, 0.1) is 0 Å². The lowest BCUT2D eigenvalue weighted by Crippen LogP contribution is -2.34. The lowest BCUT2D eigenvalue weighted by molar-refractivity contribution is 0.331. The Bertz CT molecular complexity index is 1470. The van der Waals surface area contributed by atoms with Gasteiger partial charge in [-0.15, -0.1) is 0 Å². The van der Waals surface area contributed by atoms with Gasteiger partial charge in [0, 0.05) is 22.1 Å². The molecule has 3 aromatic carbocycles. The normalized spacial score (nSPS) is 17.4. The van der Waals surface area contributed by atoms with Gasteiger partial charge in [-0.3, -0.25) is 0 Å². The van der Waals surface area contributed by atoms with Crippen LogP contribution in [-0.4, -0.2) is 0 Å². The number of hydrogen-bond donors (Lipinski definition) is 1. The van der Waals surface area contributed by atoms with Gasteiger partial charge in [-0.25, -0.2) is 0 Å². The first-order valence-corrected chi connectivity index (χ1v) is 13.5. The average Bonchev–Trinajstić information content (AvgIpc) is 3.13. The van der Waals surface area contributed by atoms with E-state index in [2.05, 4.69) is 123 Å². The van der Waals surface area contributed by atoms with Crippen LogP contribution < -0.4 is 5.32 Å². The summed E-state index contributed by atoms with van der Waals surface area (Å²) in [5.74, 6) is 0. The van der Waals surface area contributed by atoms with Gasteiger partial charge in [-0.2, -0.15) is 0 Å². The molecule has 1 N–H and O–H groups in total. The van der Waals surface area contributed by atoms with Gasteiger partial charge in [-0.1, -0.05) is 81.4 Å². The highest BCUT2D eigenvalue weighted by atomic mass is 16.3. The molecule has 1 aliphatic carbocycles. The first kappa shape index (κ1) is 24.9. The molecule has 1 aliphatic rings. The minimum atomic E-state index is 0.0308. The van der Waals surface area contributed by atoms with Crippen LogP contribution in [0.3, 0.4) is 0 Å². The standard InChI is InChI=1S/C34H43NO/c1-31(2,3)21-11-13-29-23(17-21)24-18-22(12-14-30(24)36-29)35-28-20-26-25(19-27(28)32(4,5)6)33(7,8)15-16-34(26,9)10/h11-14,17-20,35H,15-16H2,1-10H3. The Balaban J connectivity index is 1.65. The Labute approximate surface area is 217 Å². The second-order valence-electron chi connectivity index (χ2n) is 14.4. The number of fused-ring (bicyclic) bond motifs is 4. The first-order valence-electron chi connectivity index (χ1n) is 13.5. The minimum absolute atomic E-state index is 0.0308. The first-order chi connectivity index (χ1) is 16.6. The summed E-state index contributed by atoms with van der Waals surface area (Å²) in [4.78, 5) is 0. The molecule has 0 unspecified atom stereocenters. The van der Waals surface area contributed by atoms with Crippen molar-refractivity contribution in [3.63, 3.8) is 0 Å². The topological polar surface area (TPSA) is 25.2 Å². The van der Waals surface area contributed by atoms with E-state index in [1.54, 1.807) is 0 Å². The van der Waals surface area contributed by atoms with Gasteiger partial charge in [0.2, 0.25) is 0 Å². The van der Waals surface area contributed by atoms with E-state index in [1.807, 2.05) is 0 Å². The SMILES string of the molecule is CC(C)(C)c1ccc2oc3ccc(Nc4cc5c(cc4C(C)(C)C)C(C)(C)CCC5(C)C)cc3c2c1. The summed E-state index contributed by atoms with van der Waals surface area (Å²) in [7, 11) is 0. The van der Waals surface area contributed by atoms with E-state index in [0.29, 0.717) is 0 Å². The number of rotatable bonds is 2. The quantitative estimate of drug-likeness (QED) is 0.308. The molecule has 0 fully saturated rings. The number of furan rings is 1. The Morgan fingerprint density at radius 3 is 1.81 bits per heavy atom. The molecule has 2 nitrogen and oxygen atoms in total. The summed E-state index contributed by atoms with van der Waals surface area (Å²) >= 11 is 0. The lowest BCUT2D eigenvalue weighted by Gasteiger charge is -2.43. The number of anilines is 2. The van der Waals surface area contributed by atoms with Crippen LogP contribution >= 0.6 is 0 Å². The van der Waals surface area contributed by atoms with Crippen molar-refractivity contribution < 1.29 is 4.42 Å². The van der Waals surface area contributed by atoms with Gasteiger partial charge >= 0.3 is 0 Å². The van der Waals surface area contributed by atoms with Crippen molar-refractivity contribution in [3.8, 4) is 0 Å². The molecular formula is C34H43NO. The summed E-state index contributed by atoms with van der Waals surface area (Å²) in [6.45, 7) is 23.4. The van der Waals surface area contributed by atoms with E-state index < -0.39 is 0 Å². The van der Waals surface area contributed by atoms with Gasteiger partial charge in [-0.05, 0) is 93.2 Å². The molecule has 0 atom stereocenters. The summed E-state index contributed by atoms with van der Waals surface area (Å²) in [6.07, 6.45) is 2.44. The van der Waals surface area contributed by atoms with Crippen LogP contribution in [0.5, 0.6) is 0 Å². The van der Waals surface area contributed by atoms with E-state index in [1.165, 1.54) is 46.2 Å². The van der Waals surface area contributed by atoms with Crippen molar-refractivity contribution in [3.05, 3.63) is 70.8 Å². The Morgan fingerprint density at radius 2 is 1.22 bits per heavy atom. The highest BCUT2D eigenvalue weighted by Crippen LogP contribution is 2.49. The molecular weight excluding hydrogens is 438 g/mol. The van der Waals surface area contributed by atoms with Crippen LogP contribution in [0, 0.1) is 0 Å². The third kappa shape index (κ3) is 4.23. The molecule has 0 amide bonds. The van der Waals surface area contributed by atoms with Crippen molar-refractivity contribution in [1.82, 2.24) is 0 Å². The van der Waals surface area contributed by atoms with E-state index in [-0.39, 0.29) is 21.7 Å². The predicted molar refractivity (Wildman–Crippen MR) is 156 cm³/mol. The van der Waals surface area contributed by atoms with E-state index in [9.17, 15) is 0 Å². The Hall–Kier alpha value is -2.74. The predicted octanol–water partition coefficient (Wildman–Crippen LogP) is 10.3. The van der Waals surface area contributed by atoms with E-state index >= 15 is 0 Å². The van der Waals surface area contributed by atoms with E-state index in [4.69, 9.17) is 4.42 Å².